The highest BCUT2D eigenvalue weighted by Crippen LogP contribution is 2.30. The largest absolute Gasteiger partial charge is 0.494 e. The van der Waals surface area contributed by atoms with E-state index in [1.54, 1.807) is 7.11 Å². The first kappa shape index (κ1) is 18.9. The van der Waals surface area contributed by atoms with Gasteiger partial charge in [-0.05, 0) is 62.0 Å². The van der Waals surface area contributed by atoms with Gasteiger partial charge >= 0.3 is 0 Å². The van der Waals surface area contributed by atoms with Crippen LogP contribution in [0.2, 0.25) is 0 Å². The van der Waals surface area contributed by atoms with E-state index in [9.17, 15) is 5.11 Å². The van der Waals surface area contributed by atoms with Crippen LogP contribution in [0.15, 0.2) is 48.5 Å². The molecular weight excluding hydrogens is 348 g/mol. The Morgan fingerprint density at radius 3 is 2.54 bits per heavy atom. The molecule has 2 heterocycles. The molecular formula is C24H28N2O2. The number of fused-ring (bicyclic) bond motifs is 1. The van der Waals surface area contributed by atoms with Gasteiger partial charge in [-0.1, -0.05) is 36.4 Å². The maximum Gasteiger partial charge on any atom is 0.145 e. The zero-order valence-corrected chi connectivity index (χ0v) is 16.7. The first-order chi connectivity index (χ1) is 13.7. The molecule has 0 atom stereocenters. The van der Waals surface area contributed by atoms with Crippen LogP contribution in [0.4, 0.5) is 0 Å². The SMILES string of the molecule is COc1cccc2c(C)cc(-c3ccc(CN4CCC(CO)CC4)cc3)nc12. The lowest BCUT2D eigenvalue weighted by atomic mass is 9.97. The number of hydrogen-bond donors (Lipinski definition) is 1. The summed E-state index contributed by atoms with van der Waals surface area (Å²) in [5.41, 5.74) is 5.54. The lowest BCUT2D eigenvalue weighted by molar-refractivity contribution is 0.127. The van der Waals surface area contributed by atoms with Gasteiger partial charge in [0.05, 0.1) is 12.8 Å². The highest BCUT2D eigenvalue weighted by atomic mass is 16.5. The summed E-state index contributed by atoms with van der Waals surface area (Å²) in [6.45, 7) is 5.55. The number of methoxy groups -OCH3 is 1. The van der Waals surface area contributed by atoms with Gasteiger partial charge in [0.25, 0.3) is 0 Å². The van der Waals surface area contributed by atoms with Crippen LogP contribution in [0.5, 0.6) is 5.75 Å². The van der Waals surface area contributed by atoms with E-state index in [4.69, 9.17) is 9.72 Å². The number of rotatable bonds is 5. The van der Waals surface area contributed by atoms with Crippen molar-refractivity contribution < 1.29 is 9.84 Å². The molecule has 0 amide bonds. The van der Waals surface area contributed by atoms with Crippen molar-refractivity contribution in [3.05, 3.63) is 59.7 Å². The van der Waals surface area contributed by atoms with Crippen molar-refractivity contribution in [3.8, 4) is 17.0 Å². The van der Waals surface area contributed by atoms with Crippen LogP contribution in [0.25, 0.3) is 22.2 Å². The molecule has 4 heteroatoms. The van der Waals surface area contributed by atoms with Crippen LogP contribution in [0, 0.1) is 12.8 Å². The highest BCUT2D eigenvalue weighted by Gasteiger charge is 2.18. The highest BCUT2D eigenvalue weighted by molar-refractivity contribution is 5.89. The molecule has 146 valence electrons. The number of aliphatic hydroxyl groups excluding tert-OH is 1. The zero-order chi connectivity index (χ0) is 19.5. The minimum absolute atomic E-state index is 0.325. The van der Waals surface area contributed by atoms with E-state index in [0.29, 0.717) is 12.5 Å². The van der Waals surface area contributed by atoms with E-state index in [1.165, 1.54) is 11.1 Å². The molecule has 1 fully saturated rings. The lowest BCUT2D eigenvalue weighted by Crippen LogP contribution is -2.34. The average molecular weight is 377 g/mol. The topological polar surface area (TPSA) is 45.6 Å². The number of pyridine rings is 1. The van der Waals surface area contributed by atoms with Gasteiger partial charge in [-0.2, -0.15) is 0 Å². The van der Waals surface area contributed by atoms with Crippen molar-refractivity contribution in [1.82, 2.24) is 9.88 Å². The third kappa shape index (κ3) is 3.89. The van der Waals surface area contributed by atoms with Crippen LogP contribution in [-0.2, 0) is 6.54 Å². The van der Waals surface area contributed by atoms with Gasteiger partial charge in [-0.15, -0.1) is 0 Å². The molecule has 4 nitrogen and oxygen atoms in total. The molecule has 2 aromatic carbocycles. The smallest absolute Gasteiger partial charge is 0.145 e. The minimum atomic E-state index is 0.325. The number of aromatic nitrogens is 1. The number of hydrogen-bond acceptors (Lipinski definition) is 4. The second-order valence-electron chi connectivity index (χ2n) is 7.78. The van der Waals surface area contributed by atoms with Gasteiger partial charge in [-0.3, -0.25) is 4.90 Å². The summed E-state index contributed by atoms with van der Waals surface area (Å²) in [5, 5.41) is 10.4. The Morgan fingerprint density at radius 2 is 1.86 bits per heavy atom. The van der Waals surface area contributed by atoms with Crippen LogP contribution in [0.1, 0.15) is 24.0 Å². The molecule has 0 unspecified atom stereocenters. The fourth-order valence-electron chi connectivity index (χ4n) is 4.07. The minimum Gasteiger partial charge on any atom is -0.494 e. The number of piperidine rings is 1. The predicted octanol–water partition coefficient (Wildman–Crippen LogP) is 4.42. The van der Waals surface area contributed by atoms with Crippen molar-refractivity contribution >= 4 is 10.9 Å². The molecule has 4 rings (SSSR count). The predicted molar refractivity (Wildman–Crippen MR) is 114 cm³/mol. The molecule has 1 saturated heterocycles. The molecule has 1 N–H and O–H groups in total. The zero-order valence-electron chi connectivity index (χ0n) is 16.7. The fraction of sp³-hybridized carbons (Fsp3) is 0.375. The standard InChI is InChI=1S/C24H28N2O2/c1-17-14-22(25-24-21(17)4-3-5-23(24)28-2)20-8-6-18(7-9-20)15-26-12-10-19(16-27)11-13-26/h3-9,14,19,27H,10-13,15-16H2,1-2H3. The van der Waals surface area contributed by atoms with Crippen LogP contribution >= 0.6 is 0 Å². The molecule has 1 aliphatic rings. The summed E-state index contributed by atoms with van der Waals surface area (Å²) in [6.07, 6.45) is 2.19. The fourth-order valence-corrected chi connectivity index (χ4v) is 4.07. The average Bonchev–Trinajstić information content (AvgIpc) is 2.74. The number of para-hydroxylation sites is 1. The number of aliphatic hydroxyl groups is 1. The molecule has 0 radical (unpaired) electrons. The Morgan fingerprint density at radius 1 is 1.11 bits per heavy atom. The molecule has 0 aliphatic carbocycles. The monoisotopic (exact) mass is 376 g/mol. The summed E-state index contributed by atoms with van der Waals surface area (Å²) in [6, 6.07) is 16.9. The van der Waals surface area contributed by atoms with Crippen molar-refractivity contribution in [1.29, 1.82) is 0 Å². The van der Waals surface area contributed by atoms with Gasteiger partial charge in [-0.25, -0.2) is 4.98 Å². The first-order valence-electron chi connectivity index (χ1n) is 10.0. The van der Waals surface area contributed by atoms with Gasteiger partial charge in [0, 0.05) is 24.1 Å². The maximum atomic E-state index is 9.29. The molecule has 0 spiro atoms. The quantitative estimate of drug-likeness (QED) is 0.716. The Bertz CT molecular complexity index is 945. The van der Waals surface area contributed by atoms with Crippen LogP contribution < -0.4 is 4.74 Å². The first-order valence-corrected chi connectivity index (χ1v) is 10.0. The Hall–Kier alpha value is -2.43. The lowest BCUT2D eigenvalue weighted by Gasteiger charge is -2.31. The molecule has 0 saturated carbocycles. The Kier molecular flexibility index (Phi) is 5.60. The van der Waals surface area contributed by atoms with Crippen molar-refractivity contribution in [3.63, 3.8) is 0 Å². The molecule has 0 bridgehead atoms. The Balaban J connectivity index is 1.54. The van der Waals surface area contributed by atoms with Crippen LogP contribution in [-0.4, -0.2) is 41.8 Å². The van der Waals surface area contributed by atoms with E-state index < -0.39 is 0 Å². The van der Waals surface area contributed by atoms with E-state index in [0.717, 1.165) is 60.4 Å². The van der Waals surface area contributed by atoms with Gasteiger partial charge in [0.1, 0.15) is 11.3 Å². The number of ether oxygens (including phenoxy) is 1. The van der Waals surface area contributed by atoms with Crippen molar-refractivity contribution in [2.24, 2.45) is 5.92 Å². The maximum absolute atomic E-state index is 9.29. The summed E-state index contributed by atoms with van der Waals surface area (Å²) < 4.78 is 5.51. The van der Waals surface area contributed by atoms with E-state index >= 15 is 0 Å². The molecule has 3 aromatic rings. The summed E-state index contributed by atoms with van der Waals surface area (Å²) in [7, 11) is 1.69. The Labute approximate surface area is 166 Å². The third-order valence-corrected chi connectivity index (χ3v) is 5.85. The summed E-state index contributed by atoms with van der Waals surface area (Å²) >= 11 is 0. The second-order valence-corrected chi connectivity index (χ2v) is 7.78. The van der Waals surface area contributed by atoms with Crippen molar-refractivity contribution in [2.45, 2.75) is 26.3 Å². The van der Waals surface area contributed by atoms with Gasteiger partial charge in [0.15, 0.2) is 0 Å². The number of likely N-dealkylation sites (tertiary alicyclic amines) is 1. The molecule has 28 heavy (non-hydrogen) atoms. The second kappa shape index (κ2) is 8.29. The van der Waals surface area contributed by atoms with E-state index in [1.807, 2.05) is 12.1 Å². The van der Waals surface area contributed by atoms with Crippen LogP contribution in [0.3, 0.4) is 0 Å². The molecule has 1 aliphatic heterocycles. The van der Waals surface area contributed by atoms with E-state index in [2.05, 4.69) is 48.2 Å². The number of nitrogens with zero attached hydrogens (tertiary/aromatic N) is 2. The van der Waals surface area contributed by atoms with Crippen molar-refractivity contribution in [2.75, 3.05) is 26.8 Å². The number of aryl methyl sites for hydroxylation is 1. The molecule has 1 aromatic heterocycles. The summed E-state index contributed by atoms with van der Waals surface area (Å²) in [5.74, 6) is 1.29. The van der Waals surface area contributed by atoms with Gasteiger partial charge in [0.2, 0.25) is 0 Å². The number of benzene rings is 2. The third-order valence-electron chi connectivity index (χ3n) is 5.85. The van der Waals surface area contributed by atoms with E-state index in [-0.39, 0.29) is 0 Å². The van der Waals surface area contributed by atoms with Gasteiger partial charge < -0.3 is 9.84 Å². The normalized spacial score (nSPS) is 15.8. The summed E-state index contributed by atoms with van der Waals surface area (Å²) in [4.78, 5) is 7.36.